The molecular formula is C11H15ClN2O2. The topological polar surface area (TPSA) is 46.4 Å². The van der Waals surface area contributed by atoms with Crippen LogP contribution in [-0.2, 0) is 5.88 Å². The number of anilines is 1. The molecule has 1 rings (SSSR count). The van der Waals surface area contributed by atoms with Crippen molar-refractivity contribution in [2.24, 2.45) is 0 Å². The quantitative estimate of drug-likeness (QED) is 0.453. The lowest BCUT2D eigenvalue weighted by Gasteiger charge is -2.18. The van der Waals surface area contributed by atoms with Crippen molar-refractivity contribution in [1.82, 2.24) is 0 Å². The van der Waals surface area contributed by atoms with Gasteiger partial charge in [-0.3, -0.25) is 10.1 Å². The van der Waals surface area contributed by atoms with Gasteiger partial charge in [-0.15, -0.1) is 11.6 Å². The first-order valence-corrected chi connectivity index (χ1v) is 5.68. The predicted octanol–water partition coefficient (Wildman–Crippen LogP) is 3.18. The minimum absolute atomic E-state index is 0.0867. The van der Waals surface area contributed by atoms with E-state index in [4.69, 9.17) is 11.6 Å². The summed E-state index contributed by atoms with van der Waals surface area (Å²) in [4.78, 5) is 12.4. The summed E-state index contributed by atoms with van der Waals surface area (Å²) in [5.74, 6) is 0.157. The molecule has 0 fully saturated rings. The van der Waals surface area contributed by atoms with E-state index in [0.717, 1.165) is 18.7 Å². The molecule has 0 bridgehead atoms. The number of benzene rings is 1. The zero-order chi connectivity index (χ0) is 12.1. The minimum atomic E-state index is -0.401. The van der Waals surface area contributed by atoms with Gasteiger partial charge in [0.2, 0.25) is 0 Å². The van der Waals surface area contributed by atoms with Crippen molar-refractivity contribution in [2.75, 3.05) is 18.5 Å². The van der Waals surface area contributed by atoms with E-state index in [-0.39, 0.29) is 11.6 Å². The fourth-order valence-electron chi connectivity index (χ4n) is 1.56. The van der Waals surface area contributed by atoms with Crippen molar-refractivity contribution in [3.63, 3.8) is 0 Å². The maximum atomic E-state index is 10.7. The Hall–Kier alpha value is -1.29. The summed E-state index contributed by atoms with van der Waals surface area (Å²) in [7, 11) is 1.96. The third-order valence-corrected chi connectivity index (χ3v) is 2.69. The summed E-state index contributed by atoms with van der Waals surface area (Å²) >= 11 is 5.71. The van der Waals surface area contributed by atoms with Gasteiger partial charge in [-0.2, -0.15) is 0 Å². The molecule has 1 aromatic rings. The molecule has 5 heteroatoms. The Morgan fingerprint density at radius 2 is 2.19 bits per heavy atom. The molecule has 0 radical (unpaired) electrons. The average Bonchev–Trinajstić information content (AvgIpc) is 2.28. The first-order chi connectivity index (χ1) is 7.60. The highest BCUT2D eigenvalue weighted by Gasteiger charge is 2.14. The van der Waals surface area contributed by atoms with Gasteiger partial charge in [-0.1, -0.05) is 6.92 Å². The van der Waals surface area contributed by atoms with Gasteiger partial charge in [0.1, 0.15) is 0 Å². The standard InChI is InChI=1S/C11H15ClN2O2/c1-3-6-13(2)10-4-5-11(14(15)16)9(7-10)8-12/h4-5,7H,3,6,8H2,1-2H3. The van der Waals surface area contributed by atoms with Gasteiger partial charge in [0.25, 0.3) is 5.69 Å². The molecule has 0 spiro atoms. The third-order valence-electron chi connectivity index (χ3n) is 2.40. The zero-order valence-electron chi connectivity index (χ0n) is 9.44. The van der Waals surface area contributed by atoms with Crippen molar-refractivity contribution in [1.29, 1.82) is 0 Å². The van der Waals surface area contributed by atoms with Crippen molar-refractivity contribution in [3.05, 3.63) is 33.9 Å². The maximum absolute atomic E-state index is 10.7. The van der Waals surface area contributed by atoms with Crippen LogP contribution in [0.5, 0.6) is 0 Å². The second-order valence-electron chi connectivity index (χ2n) is 3.63. The van der Waals surface area contributed by atoms with Gasteiger partial charge in [-0.25, -0.2) is 0 Å². The molecule has 16 heavy (non-hydrogen) atoms. The monoisotopic (exact) mass is 242 g/mol. The number of hydrogen-bond acceptors (Lipinski definition) is 3. The zero-order valence-corrected chi connectivity index (χ0v) is 10.2. The molecular weight excluding hydrogens is 228 g/mol. The van der Waals surface area contributed by atoms with Gasteiger partial charge < -0.3 is 4.90 Å². The van der Waals surface area contributed by atoms with E-state index in [1.54, 1.807) is 12.1 Å². The van der Waals surface area contributed by atoms with E-state index >= 15 is 0 Å². The molecule has 0 atom stereocenters. The van der Waals surface area contributed by atoms with Gasteiger partial charge >= 0.3 is 0 Å². The number of rotatable bonds is 5. The van der Waals surface area contributed by atoms with Crippen LogP contribution in [0.15, 0.2) is 18.2 Å². The summed E-state index contributed by atoms with van der Waals surface area (Å²) < 4.78 is 0. The van der Waals surface area contributed by atoms with Crippen LogP contribution in [0.1, 0.15) is 18.9 Å². The molecule has 88 valence electrons. The summed E-state index contributed by atoms with van der Waals surface area (Å²) in [6.07, 6.45) is 1.03. The number of hydrogen-bond donors (Lipinski definition) is 0. The van der Waals surface area contributed by atoms with Crippen molar-refractivity contribution in [3.8, 4) is 0 Å². The van der Waals surface area contributed by atoms with E-state index in [1.807, 2.05) is 7.05 Å². The lowest BCUT2D eigenvalue weighted by atomic mass is 10.1. The van der Waals surface area contributed by atoms with Crippen LogP contribution in [0.3, 0.4) is 0 Å². The van der Waals surface area contributed by atoms with E-state index in [2.05, 4.69) is 11.8 Å². The first-order valence-electron chi connectivity index (χ1n) is 5.14. The van der Waals surface area contributed by atoms with E-state index < -0.39 is 4.92 Å². The van der Waals surface area contributed by atoms with Crippen LogP contribution < -0.4 is 4.90 Å². The van der Waals surface area contributed by atoms with E-state index in [1.165, 1.54) is 6.07 Å². The minimum Gasteiger partial charge on any atom is -0.375 e. The summed E-state index contributed by atoms with van der Waals surface area (Å²) in [5.41, 5.74) is 1.61. The number of alkyl halides is 1. The van der Waals surface area contributed by atoms with Crippen molar-refractivity contribution in [2.45, 2.75) is 19.2 Å². The fourth-order valence-corrected chi connectivity index (χ4v) is 1.77. The van der Waals surface area contributed by atoms with Crippen LogP contribution in [0.25, 0.3) is 0 Å². The second-order valence-corrected chi connectivity index (χ2v) is 3.89. The molecule has 4 nitrogen and oxygen atoms in total. The molecule has 0 saturated carbocycles. The normalized spacial score (nSPS) is 10.2. The first kappa shape index (κ1) is 12.8. The van der Waals surface area contributed by atoms with Crippen LogP contribution in [0.4, 0.5) is 11.4 Å². The summed E-state index contributed by atoms with van der Waals surface area (Å²) in [5, 5.41) is 10.7. The SMILES string of the molecule is CCCN(C)c1ccc([N+](=O)[O-])c(CCl)c1. The van der Waals surface area contributed by atoms with Crippen LogP contribution in [0, 0.1) is 10.1 Å². The van der Waals surface area contributed by atoms with Crippen LogP contribution in [-0.4, -0.2) is 18.5 Å². The molecule has 0 aliphatic carbocycles. The second kappa shape index (κ2) is 5.70. The van der Waals surface area contributed by atoms with Gasteiger partial charge in [-0.05, 0) is 18.6 Å². The highest BCUT2D eigenvalue weighted by molar-refractivity contribution is 6.17. The Kier molecular flexibility index (Phi) is 4.55. The molecule has 0 heterocycles. The number of halogens is 1. The number of nitrogens with zero attached hydrogens (tertiary/aromatic N) is 2. The van der Waals surface area contributed by atoms with Crippen LogP contribution in [0.2, 0.25) is 0 Å². The molecule has 1 aromatic carbocycles. The third kappa shape index (κ3) is 2.85. The van der Waals surface area contributed by atoms with E-state index in [9.17, 15) is 10.1 Å². The largest absolute Gasteiger partial charge is 0.375 e. The lowest BCUT2D eigenvalue weighted by molar-refractivity contribution is -0.385. The van der Waals surface area contributed by atoms with Crippen LogP contribution >= 0.6 is 11.6 Å². The van der Waals surface area contributed by atoms with Gasteiger partial charge in [0.05, 0.1) is 10.8 Å². The number of nitro groups is 1. The smallest absolute Gasteiger partial charge is 0.273 e. The molecule has 0 aliphatic rings. The molecule has 0 aromatic heterocycles. The predicted molar refractivity (Wildman–Crippen MR) is 66.2 cm³/mol. The Morgan fingerprint density at radius 3 is 2.69 bits per heavy atom. The molecule has 0 unspecified atom stereocenters. The van der Waals surface area contributed by atoms with E-state index in [0.29, 0.717) is 5.56 Å². The highest BCUT2D eigenvalue weighted by Crippen LogP contribution is 2.25. The van der Waals surface area contributed by atoms with Crippen molar-refractivity contribution >= 4 is 23.0 Å². The molecule has 0 amide bonds. The Balaban J connectivity index is 3.03. The maximum Gasteiger partial charge on any atom is 0.273 e. The fraction of sp³-hybridized carbons (Fsp3) is 0.455. The highest BCUT2D eigenvalue weighted by atomic mass is 35.5. The molecule has 0 N–H and O–H groups in total. The Labute approximate surface area is 100.0 Å². The van der Waals surface area contributed by atoms with Gasteiger partial charge in [0, 0.05) is 30.9 Å². The average molecular weight is 243 g/mol. The summed E-state index contributed by atoms with van der Waals surface area (Å²) in [6, 6.07) is 5.05. The Bertz CT molecular complexity index is 382. The molecule has 0 aliphatic heterocycles. The Morgan fingerprint density at radius 1 is 1.50 bits per heavy atom. The van der Waals surface area contributed by atoms with Crippen molar-refractivity contribution < 1.29 is 4.92 Å². The van der Waals surface area contributed by atoms with Gasteiger partial charge in [0.15, 0.2) is 0 Å². The summed E-state index contributed by atoms with van der Waals surface area (Å²) in [6.45, 7) is 3.00. The lowest BCUT2D eigenvalue weighted by Crippen LogP contribution is -2.17. The number of nitro benzene ring substituents is 1. The molecule has 0 saturated heterocycles.